The van der Waals surface area contributed by atoms with Crippen LogP contribution in [0.1, 0.15) is 25.3 Å². The van der Waals surface area contributed by atoms with Gasteiger partial charge in [0.05, 0.1) is 0 Å². The van der Waals surface area contributed by atoms with Crippen molar-refractivity contribution in [3.8, 4) is 0 Å². The summed E-state index contributed by atoms with van der Waals surface area (Å²) < 4.78 is 0. The number of unbranched alkanes of at least 4 members (excludes halogenated alkanes) is 1. The van der Waals surface area contributed by atoms with Gasteiger partial charge >= 0.3 is 0 Å². The first-order valence-electron chi connectivity index (χ1n) is 4.84. The molecular formula is C11H18N2. The molecule has 0 heterocycles. The summed E-state index contributed by atoms with van der Waals surface area (Å²) in [6.45, 7) is 5.26. The summed E-state index contributed by atoms with van der Waals surface area (Å²) in [6.07, 6.45) is 2.43. The molecule has 1 aromatic carbocycles. The van der Waals surface area contributed by atoms with Gasteiger partial charge in [-0.2, -0.15) is 0 Å². The van der Waals surface area contributed by atoms with Crippen molar-refractivity contribution in [3.05, 3.63) is 23.8 Å². The third kappa shape index (κ3) is 2.98. The number of anilines is 2. The highest BCUT2D eigenvalue weighted by molar-refractivity contribution is 5.56. The monoisotopic (exact) mass is 178 g/mol. The van der Waals surface area contributed by atoms with Crippen LogP contribution in [-0.4, -0.2) is 6.54 Å². The zero-order valence-electron chi connectivity index (χ0n) is 8.43. The molecule has 0 aliphatic carbocycles. The molecule has 0 bridgehead atoms. The first kappa shape index (κ1) is 9.90. The first-order chi connectivity index (χ1) is 6.24. The Morgan fingerprint density at radius 1 is 1.38 bits per heavy atom. The molecule has 0 spiro atoms. The van der Waals surface area contributed by atoms with Crippen LogP contribution in [0, 0.1) is 6.92 Å². The van der Waals surface area contributed by atoms with Crippen LogP contribution in [0.5, 0.6) is 0 Å². The molecule has 0 saturated heterocycles. The molecule has 2 heteroatoms. The van der Waals surface area contributed by atoms with Crippen LogP contribution in [0.2, 0.25) is 0 Å². The predicted molar refractivity (Wildman–Crippen MR) is 59.0 cm³/mol. The summed E-state index contributed by atoms with van der Waals surface area (Å²) in [7, 11) is 0. The van der Waals surface area contributed by atoms with Crippen LogP contribution >= 0.6 is 0 Å². The number of hydrogen-bond donors (Lipinski definition) is 2. The van der Waals surface area contributed by atoms with Crippen molar-refractivity contribution in [2.45, 2.75) is 26.7 Å². The smallest absolute Gasteiger partial charge is 0.0345 e. The molecule has 1 rings (SSSR count). The lowest BCUT2D eigenvalue weighted by Gasteiger charge is -2.07. The van der Waals surface area contributed by atoms with E-state index in [0.717, 1.165) is 17.8 Å². The van der Waals surface area contributed by atoms with E-state index in [0.29, 0.717) is 0 Å². The third-order valence-corrected chi connectivity index (χ3v) is 2.13. The fraction of sp³-hybridized carbons (Fsp3) is 0.455. The molecule has 3 N–H and O–H groups in total. The molecule has 0 atom stereocenters. The van der Waals surface area contributed by atoms with Crippen LogP contribution in [0.4, 0.5) is 11.4 Å². The van der Waals surface area contributed by atoms with Crippen molar-refractivity contribution in [2.75, 3.05) is 17.6 Å². The van der Waals surface area contributed by atoms with Gasteiger partial charge in [-0.1, -0.05) is 13.3 Å². The Bertz CT molecular complexity index is 269. The molecule has 0 saturated carbocycles. The van der Waals surface area contributed by atoms with Crippen molar-refractivity contribution < 1.29 is 0 Å². The second-order valence-electron chi connectivity index (χ2n) is 3.35. The van der Waals surface area contributed by atoms with Gasteiger partial charge < -0.3 is 11.1 Å². The van der Waals surface area contributed by atoms with E-state index in [9.17, 15) is 0 Å². The highest BCUT2D eigenvalue weighted by Crippen LogP contribution is 2.16. The van der Waals surface area contributed by atoms with Gasteiger partial charge in [-0.05, 0) is 37.1 Å². The molecule has 0 radical (unpaired) electrons. The maximum Gasteiger partial charge on any atom is 0.0345 e. The summed E-state index contributed by atoms with van der Waals surface area (Å²) in [4.78, 5) is 0. The van der Waals surface area contributed by atoms with Gasteiger partial charge in [-0.3, -0.25) is 0 Å². The minimum absolute atomic E-state index is 0.862. The highest BCUT2D eigenvalue weighted by Gasteiger charge is 1.94. The van der Waals surface area contributed by atoms with Crippen LogP contribution in [0.25, 0.3) is 0 Å². The second-order valence-corrected chi connectivity index (χ2v) is 3.35. The van der Waals surface area contributed by atoms with E-state index >= 15 is 0 Å². The van der Waals surface area contributed by atoms with E-state index in [1.54, 1.807) is 0 Å². The number of benzene rings is 1. The lowest BCUT2D eigenvalue weighted by Crippen LogP contribution is -2.01. The largest absolute Gasteiger partial charge is 0.399 e. The van der Waals surface area contributed by atoms with E-state index in [4.69, 9.17) is 5.73 Å². The summed E-state index contributed by atoms with van der Waals surface area (Å²) in [6, 6.07) is 6.06. The van der Waals surface area contributed by atoms with Gasteiger partial charge in [0.1, 0.15) is 0 Å². The molecule has 72 valence electrons. The van der Waals surface area contributed by atoms with E-state index in [2.05, 4.69) is 18.3 Å². The Labute approximate surface area is 80.1 Å². The molecule has 0 aliphatic rings. The zero-order valence-corrected chi connectivity index (χ0v) is 8.43. The summed E-state index contributed by atoms with van der Waals surface area (Å²) in [5, 5.41) is 3.36. The lowest BCUT2D eigenvalue weighted by atomic mass is 10.2. The molecular weight excluding hydrogens is 160 g/mol. The SMILES string of the molecule is CCCCNc1ccc(N)c(C)c1. The van der Waals surface area contributed by atoms with Crippen LogP contribution < -0.4 is 11.1 Å². The molecule has 0 amide bonds. The average molecular weight is 178 g/mol. The predicted octanol–water partition coefficient (Wildman–Crippen LogP) is 2.79. The summed E-state index contributed by atoms with van der Waals surface area (Å²) in [5.41, 5.74) is 8.88. The van der Waals surface area contributed by atoms with E-state index in [1.165, 1.54) is 18.5 Å². The Hall–Kier alpha value is -1.18. The van der Waals surface area contributed by atoms with E-state index in [1.807, 2.05) is 19.1 Å². The fourth-order valence-electron chi connectivity index (χ4n) is 1.20. The summed E-state index contributed by atoms with van der Waals surface area (Å²) >= 11 is 0. The number of hydrogen-bond acceptors (Lipinski definition) is 2. The normalized spacial score (nSPS) is 10.0. The first-order valence-corrected chi connectivity index (χ1v) is 4.84. The van der Waals surface area contributed by atoms with Gasteiger partial charge in [-0.15, -0.1) is 0 Å². The van der Waals surface area contributed by atoms with Gasteiger partial charge in [0.25, 0.3) is 0 Å². The average Bonchev–Trinajstić information content (AvgIpc) is 2.12. The van der Waals surface area contributed by atoms with E-state index < -0.39 is 0 Å². The van der Waals surface area contributed by atoms with Crippen molar-refractivity contribution in [1.82, 2.24) is 0 Å². The van der Waals surface area contributed by atoms with Crippen LogP contribution in [0.15, 0.2) is 18.2 Å². The quantitative estimate of drug-likeness (QED) is 0.549. The molecule has 0 unspecified atom stereocenters. The molecule has 2 nitrogen and oxygen atoms in total. The molecule has 1 aromatic rings. The molecule has 0 aliphatic heterocycles. The third-order valence-electron chi connectivity index (χ3n) is 2.13. The highest BCUT2D eigenvalue weighted by atomic mass is 14.9. The van der Waals surface area contributed by atoms with Crippen molar-refractivity contribution in [1.29, 1.82) is 0 Å². The standard InChI is InChI=1S/C11H18N2/c1-3-4-7-13-10-5-6-11(12)9(2)8-10/h5-6,8,13H,3-4,7,12H2,1-2H3. The van der Waals surface area contributed by atoms with Crippen molar-refractivity contribution in [3.63, 3.8) is 0 Å². The van der Waals surface area contributed by atoms with E-state index in [-0.39, 0.29) is 0 Å². The maximum absolute atomic E-state index is 5.72. The Morgan fingerprint density at radius 2 is 2.15 bits per heavy atom. The van der Waals surface area contributed by atoms with Crippen LogP contribution in [0.3, 0.4) is 0 Å². The molecule has 0 aromatic heterocycles. The Balaban J connectivity index is 2.53. The topological polar surface area (TPSA) is 38.0 Å². The van der Waals surface area contributed by atoms with Gasteiger partial charge in [-0.25, -0.2) is 0 Å². The summed E-state index contributed by atoms with van der Waals surface area (Å²) in [5.74, 6) is 0. The lowest BCUT2D eigenvalue weighted by molar-refractivity contribution is 0.834. The fourth-order valence-corrected chi connectivity index (χ4v) is 1.20. The maximum atomic E-state index is 5.72. The Morgan fingerprint density at radius 3 is 2.77 bits per heavy atom. The number of aryl methyl sites for hydroxylation is 1. The number of rotatable bonds is 4. The second kappa shape index (κ2) is 4.75. The minimum atomic E-state index is 0.862. The van der Waals surface area contributed by atoms with Crippen molar-refractivity contribution >= 4 is 11.4 Å². The zero-order chi connectivity index (χ0) is 9.68. The molecule has 0 fully saturated rings. The number of nitrogens with one attached hydrogen (secondary N) is 1. The minimum Gasteiger partial charge on any atom is -0.399 e. The van der Waals surface area contributed by atoms with Gasteiger partial charge in [0.15, 0.2) is 0 Å². The van der Waals surface area contributed by atoms with Crippen molar-refractivity contribution in [2.24, 2.45) is 0 Å². The van der Waals surface area contributed by atoms with Crippen LogP contribution in [-0.2, 0) is 0 Å². The Kier molecular flexibility index (Phi) is 3.62. The molecule has 13 heavy (non-hydrogen) atoms. The number of nitrogens with two attached hydrogens (primary N) is 1. The van der Waals surface area contributed by atoms with Gasteiger partial charge in [0.2, 0.25) is 0 Å². The number of nitrogen functional groups attached to an aromatic ring is 1. The van der Waals surface area contributed by atoms with Gasteiger partial charge in [0, 0.05) is 17.9 Å².